The van der Waals surface area contributed by atoms with Crippen LogP contribution >= 0.6 is 11.3 Å². The molecule has 0 unspecified atom stereocenters. The van der Waals surface area contributed by atoms with Crippen molar-refractivity contribution in [2.45, 2.75) is 53.2 Å². The third-order valence-corrected chi connectivity index (χ3v) is 5.96. The van der Waals surface area contributed by atoms with Crippen LogP contribution in [0.5, 0.6) is 0 Å². The number of hydrogen-bond donors (Lipinski definition) is 1. The Morgan fingerprint density at radius 2 is 1.89 bits per heavy atom. The Hall–Kier alpha value is -2.67. The summed E-state index contributed by atoms with van der Waals surface area (Å²) in [6.45, 7) is 8.00. The van der Waals surface area contributed by atoms with Crippen LogP contribution in [0.3, 0.4) is 0 Å². The van der Waals surface area contributed by atoms with Crippen LogP contribution < -0.4 is 16.6 Å². The number of hydrogen-bond acceptors (Lipinski definition) is 4. The molecule has 0 aliphatic carbocycles. The van der Waals surface area contributed by atoms with Crippen molar-refractivity contribution in [2.24, 2.45) is 0 Å². The van der Waals surface area contributed by atoms with Gasteiger partial charge in [0, 0.05) is 6.04 Å². The van der Waals surface area contributed by atoms with E-state index in [0.717, 1.165) is 23.1 Å². The van der Waals surface area contributed by atoms with Crippen molar-refractivity contribution >= 4 is 27.5 Å². The molecule has 0 spiro atoms. The van der Waals surface area contributed by atoms with Crippen LogP contribution in [-0.2, 0) is 17.9 Å². The van der Waals surface area contributed by atoms with Gasteiger partial charge in [0.15, 0.2) is 0 Å². The van der Waals surface area contributed by atoms with Crippen LogP contribution in [0.1, 0.15) is 37.0 Å². The van der Waals surface area contributed by atoms with E-state index in [9.17, 15) is 14.4 Å². The predicted molar refractivity (Wildman–Crippen MR) is 113 cm³/mol. The van der Waals surface area contributed by atoms with E-state index < -0.39 is 5.69 Å². The molecule has 0 aliphatic rings. The van der Waals surface area contributed by atoms with E-state index >= 15 is 0 Å². The lowest BCUT2D eigenvalue weighted by atomic mass is 10.1. The first-order chi connectivity index (χ1) is 13.3. The van der Waals surface area contributed by atoms with Crippen molar-refractivity contribution in [1.29, 1.82) is 0 Å². The Bertz CT molecular complexity index is 1140. The second-order valence-electron chi connectivity index (χ2n) is 7.19. The number of aryl methyl sites for hydroxylation is 2. The molecule has 1 N–H and O–H groups in total. The normalized spacial score (nSPS) is 12.3. The molecule has 2 heterocycles. The number of aromatic nitrogens is 2. The Labute approximate surface area is 167 Å². The molecule has 0 bridgehead atoms. The molecule has 0 radical (unpaired) electrons. The minimum Gasteiger partial charge on any atom is -0.352 e. The molecule has 3 rings (SSSR count). The molecule has 0 fully saturated rings. The highest BCUT2D eigenvalue weighted by molar-refractivity contribution is 7.17. The fourth-order valence-corrected chi connectivity index (χ4v) is 3.92. The third-order valence-electron chi connectivity index (χ3n) is 5.07. The summed E-state index contributed by atoms with van der Waals surface area (Å²) in [4.78, 5) is 38.4. The first-order valence-electron chi connectivity index (χ1n) is 9.38. The minimum absolute atomic E-state index is 0.0302. The van der Waals surface area contributed by atoms with E-state index in [2.05, 4.69) is 5.32 Å². The van der Waals surface area contributed by atoms with Crippen LogP contribution in [0, 0.1) is 13.8 Å². The molecule has 7 heteroatoms. The first kappa shape index (κ1) is 20.1. The molecule has 0 aliphatic heterocycles. The molecule has 3 aromatic rings. The molecule has 0 saturated carbocycles. The largest absolute Gasteiger partial charge is 0.352 e. The van der Waals surface area contributed by atoms with Gasteiger partial charge in [-0.15, -0.1) is 11.3 Å². The fourth-order valence-electron chi connectivity index (χ4n) is 3.08. The summed E-state index contributed by atoms with van der Waals surface area (Å²) >= 11 is 1.29. The second kappa shape index (κ2) is 8.14. The second-order valence-corrected chi connectivity index (χ2v) is 8.11. The molecule has 6 nitrogen and oxygen atoms in total. The molecule has 148 valence electrons. The number of nitrogens with zero attached hydrogens (tertiary/aromatic N) is 2. The number of fused-ring (bicyclic) bond motifs is 1. The summed E-state index contributed by atoms with van der Waals surface area (Å²) in [5, 5.41) is 4.65. The van der Waals surface area contributed by atoms with Crippen molar-refractivity contribution in [3.63, 3.8) is 0 Å². The standard InChI is InChI=1S/C21H25N3O3S/c1-5-15(4)22-18(25)12-23-17-8-9-28-19(17)20(26)24(21(23)27)11-16-7-6-13(2)14(3)10-16/h6-10,15H,5,11-12H2,1-4H3,(H,22,25)/t15-/m0/s1. The summed E-state index contributed by atoms with van der Waals surface area (Å²) in [5.74, 6) is -0.236. The zero-order valence-electron chi connectivity index (χ0n) is 16.6. The van der Waals surface area contributed by atoms with Gasteiger partial charge in [0.05, 0.1) is 12.1 Å². The molecule has 1 amide bonds. The third kappa shape index (κ3) is 3.94. The van der Waals surface area contributed by atoms with Crippen molar-refractivity contribution in [3.05, 3.63) is 67.2 Å². The van der Waals surface area contributed by atoms with Gasteiger partial charge in [-0.3, -0.25) is 18.7 Å². The van der Waals surface area contributed by atoms with E-state index in [1.807, 2.05) is 45.9 Å². The van der Waals surface area contributed by atoms with E-state index in [0.29, 0.717) is 10.2 Å². The number of carbonyl (C=O) groups excluding carboxylic acids is 1. The Kier molecular flexibility index (Phi) is 5.84. The quantitative estimate of drug-likeness (QED) is 0.693. The zero-order valence-corrected chi connectivity index (χ0v) is 17.4. The summed E-state index contributed by atoms with van der Waals surface area (Å²) in [6, 6.07) is 7.65. The molecule has 28 heavy (non-hydrogen) atoms. The molecule has 1 atom stereocenters. The topological polar surface area (TPSA) is 73.1 Å². The van der Waals surface area contributed by atoms with Crippen molar-refractivity contribution in [3.8, 4) is 0 Å². The summed E-state index contributed by atoms with van der Waals surface area (Å²) in [6.07, 6.45) is 0.806. The number of thiophene rings is 1. The Morgan fingerprint density at radius 1 is 1.14 bits per heavy atom. The van der Waals surface area contributed by atoms with E-state index in [4.69, 9.17) is 0 Å². The van der Waals surface area contributed by atoms with Crippen molar-refractivity contribution in [2.75, 3.05) is 0 Å². The summed E-state index contributed by atoms with van der Waals surface area (Å²) in [7, 11) is 0. The van der Waals surface area contributed by atoms with Gasteiger partial charge in [-0.25, -0.2) is 4.79 Å². The summed E-state index contributed by atoms with van der Waals surface area (Å²) in [5.41, 5.74) is 2.88. The van der Waals surface area contributed by atoms with Gasteiger partial charge in [-0.05, 0) is 55.3 Å². The highest BCUT2D eigenvalue weighted by Gasteiger charge is 2.17. The lowest BCUT2D eigenvalue weighted by Crippen LogP contribution is -2.43. The van der Waals surface area contributed by atoms with Crippen LogP contribution in [0.4, 0.5) is 0 Å². The Morgan fingerprint density at radius 3 is 2.57 bits per heavy atom. The SMILES string of the molecule is CC[C@H](C)NC(=O)Cn1c(=O)n(Cc2ccc(C)c(C)c2)c(=O)c2sccc21. The van der Waals surface area contributed by atoms with Crippen LogP contribution in [-0.4, -0.2) is 21.1 Å². The average molecular weight is 400 g/mol. The van der Waals surface area contributed by atoms with Crippen molar-refractivity contribution < 1.29 is 4.79 Å². The van der Waals surface area contributed by atoms with Gasteiger partial charge in [-0.1, -0.05) is 25.1 Å². The number of amides is 1. The summed E-state index contributed by atoms with van der Waals surface area (Å²) < 4.78 is 3.10. The van der Waals surface area contributed by atoms with Crippen LogP contribution in [0.15, 0.2) is 39.2 Å². The monoisotopic (exact) mass is 399 g/mol. The molecular formula is C21H25N3O3S. The molecular weight excluding hydrogens is 374 g/mol. The smallest absolute Gasteiger partial charge is 0.332 e. The van der Waals surface area contributed by atoms with Crippen molar-refractivity contribution in [1.82, 2.24) is 14.5 Å². The van der Waals surface area contributed by atoms with Gasteiger partial charge >= 0.3 is 5.69 Å². The predicted octanol–water partition coefficient (Wildman–Crippen LogP) is 2.80. The van der Waals surface area contributed by atoms with E-state index in [-0.39, 0.29) is 30.6 Å². The van der Waals surface area contributed by atoms with Gasteiger partial charge < -0.3 is 5.32 Å². The molecule has 0 saturated heterocycles. The van der Waals surface area contributed by atoms with Gasteiger partial charge in [0.25, 0.3) is 5.56 Å². The number of rotatable bonds is 6. The maximum absolute atomic E-state index is 13.1. The minimum atomic E-state index is -0.464. The molecule has 2 aromatic heterocycles. The van der Waals surface area contributed by atoms with Gasteiger partial charge in [-0.2, -0.15) is 0 Å². The Balaban J connectivity index is 2.06. The zero-order chi connectivity index (χ0) is 20.4. The van der Waals surface area contributed by atoms with E-state index in [1.165, 1.54) is 20.5 Å². The van der Waals surface area contributed by atoms with Gasteiger partial charge in [0.1, 0.15) is 11.2 Å². The highest BCUT2D eigenvalue weighted by atomic mass is 32.1. The van der Waals surface area contributed by atoms with Gasteiger partial charge in [0.2, 0.25) is 5.91 Å². The lowest BCUT2D eigenvalue weighted by Gasteiger charge is -2.15. The maximum Gasteiger partial charge on any atom is 0.332 e. The molecule has 1 aromatic carbocycles. The van der Waals surface area contributed by atoms with E-state index in [1.54, 1.807) is 11.4 Å². The van der Waals surface area contributed by atoms with Crippen LogP contribution in [0.2, 0.25) is 0 Å². The number of benzene rings is 1. The first-order valence-corrected chi connectivity index (χ1v) is 10.3. The number of carbonyl (C=O) groups is 1. The maximum atomic E-state index is 13.1. The highest BCUT2D eigenvalue weighted by Crippen LogP contribution is 2.16. The fraction of sp³-hybridized carbons (Fsp3) is 0.381. The number of nitrogens with one attached hydrogen (secondary N) is 1. The average Bonchev–Trinajstić information content (AvgIpc) is 3.15. The van der Waals surface area contributed by atoms with Crippen LogP contribution in [0.25, 0.3) is 10.2 Å². The lowest BCUT2D eigenvalue weighted by molar-refractivity contribution is -0.122.